The Hall–Kier alpha value is 0.620. The molecule has 2 heterocycles. The summed E-state index contributed by atoms with van der Waals surface area (Å²) in [7, 11) is 0. The molecular weight excluding hydrogens is 264 g/mol. The Kier molecular flexibility index (Phi) is 5.19. The van der Waals surface area contributed by atoms with Crippen LogP contribution in [-0.4, -0.2) is 35.6 Å². The van der Waals surface area contributed by atoms with Crippen LogP contribution in [0.2, 0.25) is 0 Å². The highest BCUT2D eigenvalue weighted by Gasteiger charge is 2.34. The molecule has 0 N–H and O–H groups in total. The van der Waals surface area contributed by atoms with Crippen LogP contribution in [0.3, 0.4) is 0 Å². The zero-order valence-electron chi connectivity index (χ0n) is 11.0. The zero-order valence-corrected chi connectivity index (χ0v) is 12.6. The number of hydrogen-bond donors (Lipinski definition) is 0. The Morgan fingerprint density at radius 3 is 1.44 bits per heavy atom. The average Bonchev–Trinajstić information content (AvgIpc) is 2.49. The molecule has 0 spiro atoms. The van der Waals surface area contributed by atoms with E-state index in [9.17, 15) is 0 Å². The highest BCUT2D eigenvalue weighted by Crippen LogP contribution is 2.41. The molecule has 0 bridgehead atoms. The second-order valence-electron chi connectivity index (χ2n) is 5.60. The molecule has 1 saturated carbocycles. The van der Waals surface area contributed by atoms with Gasteiger partial charge in [0.1, 0.15) is 10.9 Å². The van der Waals surface area contributed by atoms with Crippen LogP contribution in [0.5, 0.6) is 0 Å². The van der Waals surface area contributed by atoms with Crippen molar-refractivity contribution in [3.8, 4) is 0 Å². The van der Waals surface area contributed by atoms with Gasteiger partial charge in [-0.3, -0.25) is 0 Å². The third kappa shape index (κ3) is 3.38. The monoisotopic (exact) mass is 288 g/mol. The molecule has 0 aromatic rings. The van der Waals surface area contributed by atoms with E-state index in [0.29, 0.717) is 10.9 Å². The smallest absolute Gasteiger partial charge is 0.106 e. The van der Waals surface area contributed by atoms with Crippen LogP contribution in [0, 0.1) is 11.8 Å². The lowest BCUT2D eigenvalue weighted by Crippen LogP contribution is -2.33. The Morgan fingerprint density at radius 2 is 1.11 bits per heavy atom. The summed E-state index contributed by atoms with van der Waals surface area (Å²) >= 11 is 4.10. The molecule has 4 heteroatoms. The van der Waals surface area contributed by atoms with Crippen LogP contribution in [0.4, 0.5) is 0 Å². The van der Waals surface area contributed by atoms with Gasteiger partial charge in [-0.1, -0.05) is 0 Å². The maximum Gasteiger partial charge on any atom is 0.106 e. The van der Waals surface area contributed by atoms with Gasteiger partial charge >= 0.3 is 0 Å². The predicted molar refractivity (Wildman–Crippen MR) is 79.1 cm³/mol. The topological polar surface area (TPSA) is 18.5 Å². The molecule has 2 atom stereocenters. The van der Waals surface area contributed by atoms with Crippen LogP contribution in [0.25, 0.3) is 0 Å². The minimum atomic E-state index is 0.500. The van der Waals surface area contributed by atoms with Crippen molar-refractivity contribution < 1.29 is 9.47 Å². The lowest BCUT2D eigenvalue weighted by molar-refractivity contribution is 0.0190. The molecule has 104 valence electrons. The molecule has 3 fully saturated rings. The molecular formula is C14H24O2S2. The summed E-state index contributed by atoms with van der Waals surface area (Å²) in [6, 6.07) is 0. The standard InChI is InChI=1S/C14H24O2S2/c1-7-15-13(17-9-1)11-3-5-12(6-4-11)14-16-8-2-10-18-14/h11-14H,1-10H2. The van der Waals surface area contributed by atoms with E-state index < -0.39 is 0 Å². The normalized spacial score (nSPS) is 42.7. The molecule has 2 saturated heterocycles. The summed E-state index contributed by atoms with van der Waals surface area (Å²) in [5.74, 6) is 4.21. The largest absolute Gasteiger partial charge is 0.367 e. The lowest BCUT2D eigenvalue weighted by Gasteiger charge is -2.38. The Balaban J connectivity index is 1.45. The van der Waals surface area contributed by atoms with Crippen molar-refractivity contribution in [2.75, 3.05) is 24.7 Å². The van der Waals surface area contributed by atoms with Crippen molar-refractivity contribution >= 4 is 23.5 Å². The van der Waals surface area contributed by atoms with Crippen molar-refractivity contribution in [2.24, 2.45) is 11.8 Å². The van der Waals surface area contributed by atoms with Gasteiger partial charge < -0.3 is 9.47 Å². The van der Waals surface area contributed by atoms with Crippen molar-refractivity contribution in [3.63, 3.8) is 0 Å². The first-order chi connectivity index (χ1) is 8.93. The summed E-state index contributed by atoms with van der Waals surface area (Å²) in [6.07, 6.45) is 7.88. The van der Waals surface area contributed by atoms with E-state index in [2.05, 4.69) is 0 Å². The van der Waals surface area contributed by atoms with Crippen molar-refractivity contribution in [1.82, 2.24) is 0 Å². The van der Waals surface area contributed by atoms with Gasteiger partial charge in [-0.05, 0) is 61.9 Å². The van der Waals surface area contributed by atoms with Crippen LogP contribution < -0.4 is 0 Å². The molecule has 18 heavy (non-hydrogen) atoms. The molecule has 2 aliphatic heterocycles. The molecule has 0 amide bonds. The molecule has 2 nitrogen and oxygen atoms in total. The summed E-state index contributed by atoms with van der Waals surface area (Å²) in [6.45, 7) is 1.97. The fraction of sp³-hybridized carbons (Fsp3) is 1.00. The Labute approximate surface area is 119 Å². The van der Waals surface area contributed by atoms with E-state index in [0.717, 1.165) is 25.0 Å². The number of thioether (sulfide) groups is 2. The molecule has 0 aromatic heterocycles. The fourth-order valence-corrected chi connectivity index (χ4v) is 5.75. The first-order valence-electron chi connectivity index (χ1n) is 7.40. The predicted octanol–water partition coefficient (Wildman–Crippen LogP) is 3.75. The highest BCUT2D eigenvalue weighted by atomic mass is 32.2. The van der Waals surface area contributed by atoms with Gasteiger partial charge in [0.2, 0.25) is 0 Å². The van der Waals surface area contributed by atoms with Gasteiger partial charge in [0, 0.05) is 13.2 Å². The first-order valence-corrected chi connectivity index (χ1v) is 9.49. The molecule has 0 radical (unpaired) electrons. The fourth-order valence-electron chi connectivity index (χ4n) is 3.25. The first kappa shape index (κ1) is 13.6. The third-order valence-electron chi connectivity index (χ3n) is 4.29. The van der Waals surface area contributed by atoms with Crippen molar-refractivity contribution in [3.05, 3.63) is 0 Å². The second kappa shape index (κ2) is 6.87. The van der Waals surface area contributed by atoms with E-state index in [-0.39, 0.29) is 0 Å². The maximum absolute atomic E-state index is 5.92. The Morgan fingerprint density at radius 1 is 0.667 bits per heavy atom. The maximum atomic E-state index is 5.92. The van der Waals surface area contributed by atoms with Crippen molar-refractivity contribution in [2.45, 2.75) is 49.4 Å². The minimum Gasteiger partial charge on any atom is -0.367 e. The van der Waals surface area contributed by atoms with Gasteiger partial charge in [-0.2, -0.15) is 0 Å². The second-order valence-corrected chi connectivity index (χ2v) is 8.01. The molecule has 0 aromatic carbocycles. The molecule has 3 rings (SSSR count). The average molecular weight is 288 g/mol. The number of ether oxygens (including phenoxy) is 2. The van der Waals surface area contributed by atoms with Crippen molar-refractivity contribution in [1.29, 1.82) is 0 Å². The Bertz CT molecular complexity index is 216. The number of hydrogen-bond acceptors (Lipinski definition) is 4. The quantitative estimate of drug-likeness (QED) is 0.770. The lowest BCUT2D eigenvalue weighted by atomic mass is 9.82. The summed E-state index contributed by atoms with van der Waals surface area (Å²) in [5.41, 5.74) is 0.999. The summed E-state index contributed by atoms with van der Waals surface area (Å²) in [4.78, 5) is 0. The summed E-state index contributed by atoms with van der Waals surface area (Å²) in [5, 5.41) is 0. The van der Waals surface area contributed by atoms with Gasteiger partial charge in [-0.25, -0.2) is 0 Å². The molecule has 1 aliphatic carbocycles. The zero-order chi connectivity index (χ0) is 12.2. The van der Waals surface area contributed by atoms with Gasteiger partial charge in [0.25, 0.3) is 0 Å². The SMILES string of the molecule is C1COC(C2CCC(C3OCCCS3)CC2)SC1. The van der Waals surface area contributed by atoms with Crippen LogP contribution in [-0.2, 0) is 9.47 Å². The minimum absolute atomic E-state index is 0.500. The van der Waals surface area contributed by atoms with Gasteiger partial charge in [-0.15, -0.1) is 23.5 Å². The van der Waals surface area contributed by atoms with Crippen LogP contribution in [0.15, 0.2) is 0 Å². The van der Waals surface area contributed by atoms with E-state index >= 15 is 0 Å². The number of rotatable bonds is 2. The highest BCUT2D eigenvalue weighted by molar-refractivity contribution is 8.00. The van der Waals surface area contributed by atoms with Gasteiger partial charge in [0.15, 0.2) is 0 Å². The van der Waals surface area contributed by atoms with E-state index in [1.807, 2.05) is 23.5 Å². The molecule has 2 unspecified atom stereocenters. The summed E-state index contributed by atoms with van der Waals surface area (Å²) < 4.78 is 11.8. The molecule has 3 aliphatic rings. The third-order valence-corrected chi connectivity index (χ3v) is 7.04. The van der Waals surface area contributed by atoms with E-state index in [1.165, 1.54) is 50.0 Å². The van der Waals surface area contributed by atoms with E-state index in [4.69, 9.17) is 9.47 Å². The van der Waals surface area contributed by atoms with Gasteiger partial charge in [0.05, 0.1) is 0 Å². The van der Waals surface area contributed by atoms with E-state index in [1.54, 1.807) is 0 Å². The van der Waals surface area contributed by atoms with Crippen LogP contribution in [0.1, 0.15) is 38.5 Å². The van der Waals surface area contributed by atoms with Crippen LogP contribution >= 0.6 is 23.5 Å².